The van der Waals surface area contributed by atoms with Crippen LogP contribution in [0.15, 0.2) is 0 Å². The minimum atomic E-state index is -0.353. The molecular weight excluding hydrogens is 156 g/mol. The standard InChI is InChI=1S/C8H16N2O2/c1-10(2)8(12)9-6-4-3-5-7(6)11/h6-7,11H,3-5H2,1-2H3,(H,9,12). The second-order valence-electron chi connectivity index (χ2n) is 3.45. The maximum absolute atomic E-state index is 11.1. The number of urea groups is 1. The fraction of sp³-hybridized carbons (Fsp3) is 0.875. The lowest BCUT2D eigenvalue weighted by atomic mass is 10.2. The first-order valence-corrected chi connectivity index (χ1v) is 4.27. The Morgan fingerprint density at radius 3 is 2.58 bits per heavy atom. The predicted octanol–water partition coefficient (Wildman–Crippen LogP) is 0.171. The van der Waals surface area contributed by atoms with Crippen molar-refractivity contribution in [3.8, 4) is 0 Å². The number of carbonyl (C=O) groups is 1. The molecule has 2 atom stereocenters. The maximum Gasteiger partial charge on any atom is 0.317 e. The van der Waals surface area contributed by atoms with Gasteiger partial charge in [-0.3, -0.25) is 0 Å². The van der Waals surface area contributed by atoms with Crippen LogP contribution in [-0.4, -0.2) is 42.3 Å². The van der Waals surface area contributed by atoms with Crippen LogP contribution >= 0.6 is 0 Å². The van der Waals surface area contributed by atoms with Gasteiger partial charge in [-0.2, -0.15) is 0 Å². The summed E-state index contributed by atoms with van der Waals surface area (Å²) in [4.78, 5) is 12.6. The Morgan fingerprint density at radius 2 is 2.17 bits per heavy atom. The first-order valence-electron chi connectivity index (χ1n) is 4.27. The smallest absolute Gasteiger partial charge is 0.317 e. The highest BCUT2D eigenvalue weighted by molar-refractivity contribution is 5.73. The van der Waals surface area contributed by atoms with Gasteiger partial charge in [0.2, 0.25) is 0 Å². The molecule has 0 heterocycles. The molecule has 0 aromatic carbocycles. The summed E-state index contributed by atoms with van der Waals surface area (Å²) >= 11 is 0. The average molecular weight is 172 g/mol. The van der Waals surface area contributed by atoms with Crippen LogP contribution in [0.25, 0.3) is 0 Å². The largest absolute Gasteiger partial charge is 0.391 e. The Kier molecular flexibility index (Phi) is 2.92. The van der Waals surface area contributed by atoms with Crippen LogP contribution in [0, 0.1) is 0 Å². The van der Waals surface area contributed by atoms with Crippen LogP contribution in [0.5, 0.6) is 0 Å². The van der Waals surface area contributed by atoms with Crippen molar-refractivity contribution >= 4 is 6.03 Å². The quantitative estimate of drug-likeness (QED) is 0.592. The molecule has 0 saturated heterocycles. The van der Waals surface area contributed by atoms with Gasteiger partial charge in [-0.15, -0.1) is 0 Å². The van der Waals surface area contributed by atoms with Gasteiger partial charge in [-0.05, 0) is 19.3 Å². The van der Waals surface area contributed by atoms with Gasteiger partial charge in [0.05, 0.1) is 12.1 Å². The molecule has 0 aromatic rings. The van der Waals surface area contributed by atoms with E-state index in [9.17, 15) is 9.90 Å². The van der Waals surface area contributed by atoms with Crippen molar-refractivity contribution in [2.75, 3.05) is 14.1 Å². The molecule has 0 aromatic heterocycles. The van der Waals surface area contributed by atoms with Crippen LogP contribution < -0.4 is 5.32 Å². The van der Waals surface area contributed by atoms with Gasteiger partial charge < -0.3 is 15.3 Å². The molecule has 1 aliphatic rings. The van der Waals surface area contributed by atoms with E-state index in [0.29, 0.717) is 0 Å². The number of nitrogens with one attached hydrogen (secondary N) is 1. The molecule has 0 radical (unpaired) electrons. The molecule has 2 amide bonds. The minimum absolute atomic E-state index is 0.0418. The fourth-order valence-corrected chi connectivity index (χ4v) is 1.40. The maximum atomic E-state index is 11.1. The van der Waals surface area contributed by atoms with Gasteiger partial charge in [0.15, 0.2) is 0 Å². The van der Waals surface area contributed by atoms with E-state index in [0.717, 1.165) is 19.3 Å². The molecule has 0 aliphatic heterocycles. The summed E-state index contributed by atoms with van der Waals surface area (Å²) < 4.78 is 0. The zero-order valence-corrected chi connectivity index (χ0v) is 7.58. The monoisotopic (exact) mass is 172 g/mol. The molecule has 1 fully saturated rings. The lowest BCUT2D eigenvalue weighted by Gasteiger charge is -2.19. The van der Waals surface area contributed by atoms with Crippen LogP contribution in [0.3, 0.4) is 0 Å². The Labute approximate surface area is 72.6 Å². The van der Waals surface area contributed by atoms with Crippen molar-refractivity contribution in [1.29, 1.82) is 0 Å². The Hall–Kier alpha value is -0.770. The summed E-state index contributed by atoms with van der Waals surface area (Å²) in [6, 6.07) is -0.166. The highest BCUT2D eigenvalue weighted by atomic mass is 16.3. The molecule has 1 saturated carbocycles. The van der Waals surface area contributed by atoms with E-state index in [-0.39, 0.29) is 18.2 Å². The summed E-state index contributed by atoms with van der Waals surface area (Å²) in [7, 11) is 3.38. The lowest BCUT2D eigenvalue weighted by Crippen LogP contribution is -2.44. The Bertz CT molecular complexity index is 170. The van der Waals surface area contributed by atoms with Crippen LogP contribution in [0.4, 0.5) is 4.79 Å². The molecule has 12 heavy (non-hydrogen) atoms. The first kappa shape index (κ1) is 9.32. The summed E-state index contributed by atoms with van der Waals surface area (Å²) in [5, 5.41) is 12.2. The first-order chi connectivity index (χ1) is 5.61. The summed E-state index contributed by atoms with van der Waals surface area (Å²) in [5.41, 5.74) is 0. The average Bonchev–Trinajstić information content (AvgIpc) is 2.36. The number of hydrogen-bond acceptors (Lipinski definition) is 2. The van der Waals surface area contributed by atoms with Gasteiger partial charge in [-0.25, -0.2) is 4.79 Å². The van der Waals surface area contributed by atoms with Crippen molar-refractivity contribution in [1.82, 2.24) is 10.2 Å². The molecule has 1 aliphatic carbocycles. The molecule has 2 unspecified atom stereocenters. The topological polar surface area (TPSA) is 52.6 Å². The van der Waals surface area contributed by atoms with Crippen LogP contribution in [0.1, 0.15) is 19.3 Å². The third-order valence-corrected chi connectivity index (χ3v) is 2.19. The highest BCUT2D eigenvalue weighted by Gasteiger charge is 2.26. The number of aliphatic hydroxyl groups excluding tert-OH is 1. The van der Waals surface area contributed by atoms with Crippen LogP contribution in [0.2, 0.25) is 0 Å². The predicted molar refractivity (Wildman–Crippen MR) is 45.9 cm³/mol. The molecule has 4 heteroatoms. The summed E-state index contributed by atoms with van der Waals surface area (Å²) in [6.07, 6.45) is 2.34. The van der Waals surface area contributed by atoms with Gasteiger partial charge >= 0.3 is 6.03 Å². The molecule has 0 bridgehead atoms. The molecule has 2 N–H and O–H groups in total. The Morgan fingerprint density at radius 1 is 1.50 bits per heavy atom. The second-order valence-corrected chi connectivity index (χ2v) is 3.45. The third kappa shape index (κ3) is 2.11. The van der Waals surface area contributed by atoms with Gasteiger partial charge in [0.1, 0.15) is 0 Å². The van der Waals surface area contributed by atoms with E-state index >= 15 is 0 Å². The summed E-state index contributed by atoms with van der Waals surface area (Å²) in [5.74, 6) is 0. The van der Waals surface area contributed by atoms with E-state index in [4.69, 9.17) is 0 Å². The van der Waals surface area contributed by atoms with Gasteiger partial charge in [-0.1, -0.05) is 0 Å². The number of aliphatic hydroxyl groups is 1. The fourth-order valence-electron chi connectivity index (χ4n) is 1.40. The van der Waals surface area contributed by atoms with Crippen LogP contribution in [-0.2, 0) is 0 Å². The lowest BCUT2D eigenvalue weighted by molar-refractivity contribution is 0.145. The summed E-state index contributed by atoms with van der Waals surface area (Å²) in [6.45, 7) is 0. The van der Waals surface area contributed by atoms with E-state index in [1.165, 1.54) is 4.90 Å². The number of hydrogen-bond donors (Lipinski definition) is 2. The highest BCUT2D eigenvalue weighted by Crippen LogP contribution is 2.18. The number of nitrogens with zero attached hydrogens (tertiary/aromatic N) is 1. The van der Waals surface area contributed by atoms with Crippen molar-refractivity contribution in [3.05, 3.63) is 0 Å². The zero-order valence-electron chi connectivity index (χ0n) is 7.58. The second kappa shape index (κ2) is 3.76. The Balaban J connectivity index is 2.35. The normalized spacial score (nSPS) is 28.6. The van der Waals surface area contributed by atoms with E-state index in [1.54, 1.807) is 14.1 Å². The van der Waals surface area contributed by atoms with Gasteiger partial charge in [0, 0.05) is 14.1 Å². The van der Waals surface area contributed by atoms with E-state index < -0.39 is 0 Å². The van der Waals surface area contributed by atoms with E-state index in [1.807, 2.05) is 0 Å². The van der Waals surface area contributed by atoms with E-state index in [2.05, 4.69) is 5.32 Å². The molecule has 4 nitrogen and oxygen atoms in total. The third-order valence-electron chi connectivity index (χ3n) is 2.19. The minimum Gasteiger partial charge on any atom is -0.391 e. The number of carbonyl (C=O) groups excluding carboxylic acids is 1. The van der Waals surface area contributed by atoms with Gasteiger partial charge in [0.25, 0.3) is 0 Å². The molecule has 70 valence electrons. The molecular formula is C8H16N2O2. The number of rotatable bonds is 1. The van der Waals surface area contributed by atoms with Crippen molar-refractivity contribution in [2.45, 2.75) is 31.4 Å². The van der Waals surface area contributed by atoms with Crippen molar-refractivity contribution < 1.29 is 9.90 Å². The molecule has 0 spiro atoms. The van der Waals surface area contributed by atoms with Crippen molar-refractivity contribution in [2.24, 2.45) is 0 Å². The zero-order chi connectivity index (χ0) is 9.14. The van der Waals surface area contributed by atoms with Crippen molar-refractivity contribution in [3.63, 3.8) is 0 Å². The number of amides is 2. The SMILES string of the molecule is CN(C)C(=O)NC1CCCC1O. The molecule has 1 rings (SSSR count).